The first-order chi connectivity index (χ1) is 16.0. The van der Waals surface area contributed by atoms with E-state index >= 15 is 0 Å². The minimum atomic E-state index is -0.952. The Kier molecular flexibility index (Phi) is 4.76. The van der Waals surface area contributed by atoms with Crippen LogP contribution in [0, 0.1) is 22.0 Å². The molecule has 4 atom stereocenters. The summed E-state index contributed by atoms with van der Waals surface area (Å²) in [6, 6.07) is 11.8. The van der Waals surface area contributed by atoms with Crippen LogP contribution in [0.5, 0.6) is 0 Å². The van der Waals surface area contributed by atoms with Gasteiger partial charge in [0.25, 0.3) is 5.69 Å². The van der Waals surface area contributed by atoms with Crippen molar-refractivity contribution in [3.8, 4) is 0 Å². The molecule has 0 radical (unpaired) electrons. The number of nitro benzene ring substituents is 1. The van der Waals surface area contributed by atoms with Crippen LogP contribution in [0.15, 0.2) is 54.6 Å². The van der Waals surface area contributed by atoms with Gasteiger partial charge in [0.2, 0.25) is 11.8 Å². The molecule has 8 heteroatoms. The Morgan fingerprint density at radius 2 is 1.68 bits per heavy atom. The number of rotatable bonds is 3. The Balaban J connectivity index is 1.70. The van der Waals surface area contributed by atoms with Gasteiger partial charge in [-0.05, 0) is 39.3 Å². The Morgan fingerprint density at radius 3 is 2.35 bits per heavy atom. The number of hydrogen-bond donors (Lipinski definition) is 0. The average Bonchev–Trinajstić information content (AvgIpc) is 3.26. The molecule has 0 aliphatic carbocycles. The summed E-state index contributed by atoms with van der Waals surface area (Å²) in [5.74, 6) is -2.64. The van der Waals surface area contributed by atoms with Gasteiger partial charge < -0.3 is 4.90 Å². The molecule has 0 aromatic heterocycles. The van der Waals surface area contributed by atoms with Crippen molar-refractivity contribution in [2.75, 3.05) is 4.90 Å². The molecule has 2 amide bonds. The van der Waals surface area contributed by atoms with E-state index in [0.29, 0.717) is 0 Å². The lowest BCUT2D eigenvalue weighted by Gasteiger charge is -2.39. The second-order valence-corrected chi connectivity index (χ2v) is 10.1. The second kappa shape index (κ2) is 7.35. The van der Waals surface area contributed by atoms with Crippen molar-refractivity contribution >= 4 is 34.5 Å². The summed E-state index contributed by atoms with van der Waals surface area (Å²) < 4.78 is 0. The van der Waals surface area contributed by atoms with Gasteiger partial charge in [0.15, 0.2) is 5.78 Å². The summed E-state index contributed by atoms with van der Waals surface area (Å²) in [4.78, 5) is 55.2. The number of allylic oxidation sites excluding steroid dienone is 1. The zero-order valence-electron chi connectivity index (χ0n) is 19.4. The number of likely N-dealkylation sites (tertiary alicyclic amines) is 1. The number of fused-ring (bicyclic) bond motifs is 5. The highest BCUT2D eigenvalue weighted by atomic mass is 16.6. The van der Waals surface area contributed by atoms with Gasteiger partial charge in [0.05, 0.1) is 22.8 Å². The number of anilines is 1. The van der Waals surface area contributed by atoms with Crippen LogP contribution < -0.4 is 4.90 Å². The molecule has 4 unspecified atom stereocenters. The minimum absolute atomic E-state index is 0.150. The Morgan fingerprint density at radius 1 is 1.00 bits per heavy atom. The fraction of sp³-hybridized carbons (Fsp3) is 0.346. The van der Waals surface area contributed by atoms with Crippen molar-refractivity contribution in [1.82, 2.24) is 4.90 Å². The maximum atomic E-state index is 14.0. The molecule has 34 heavy (non-hydrogen) atoms. The standard InChI is InChI=1S/C26H25N3O5/c1-14-12-19-20-21(25(32)28(24(20)31)26(2,3)4)22(27(19)18-11-6-5-10-17(14)18)23(30)15-8-7-9-16(13-15)29(33)34/h5-13,19-22H,1-4H3. The molecule has 3 heterocycles. The summed E-state index contributed by atoms with van der Waals surface area (Å²) in [7, 11) is 0. The summed E-state index contributed by atoms with van der Waals surface area (Å²) >= 11 is 0. The molecule has 3 aliphatic rings. The van der Waals surface area contributed by atoms with Crippen LogP contribution in [0.3, 0.4) is 0 Å². The molecule has 0 spiro atoms. The predicted molar refractivity (Wildman–Crippen MR) is 126 cm³/mol. The molecule has 174 valence electrons. The van der Waals surface area contributed by atoms with E-state index in [2.05, 4.69) is 0 Å². The van der Waals surface area contributed by atoms with Gasteiger partial charge in [-0.2, -0.15) is 0 Å². The number of carbonyl (C=O) groups excluding carboxylic acids is 3. The Labute approximate surface area is 197 Å². The molecule has 8 nitrogen and oxygen atoms in total. The van der Waals surface area contributed by atoms with Crippen LogP contribution in [-0.2, 0) is 9.59 Å². The van der Waals surface area contributed by atoms with Gasteiger partial charge in [0.1, 0.15) is 6.04 Å². The predicted octanol–water partition coefficient (Wildman–Crippen LogP) is 3.85. The average molecular weight is 460 g/mol. The lowest BCUT2D eigenvalue weighted by Crippen LogP contribution is -2.52. The first-order valence-electron chi connectivity index (χ1n) is 11.2. The number of Topliss-reactive ketones (excluding diaryl/α,β-unsaturated/α-hetero) is 1. The molecule has 2 fully saturated rings. The summed E-state index contributed by atoms with van der Waals surface area (Å²) in [6.45, 7) is 7.37. The maximum Gasteiger partial charge on any atom is 0.270 e. The largest absolute Gasteiger partial charge is 0.352 e. The number of para-hydroxylation sites is 1. The molecular formula is C26H25N3O5. The number of nitrogens with zero attached hydrogens (tertiary/aromatic N) is 3. The van der Waals surface area contributed by atoms with Crippen molar-refractivity contribution < 1.29 is 19.3 Å². The van der Waals surface area contributed by atoms with Crippen molar-refractivity contribution in [1.29, 1.82) is 0 Å². The molecule has 0 saturated carbocycles. The number of imide groups is 1. The second-order valence-electron chi connectivity index (χ2n) is 10.1. The highest BCUT2D eigenvalue weighted by Gasteiger charge is 2.65. The van der Waals surface area contributed by atoms with Gasteiger partial charge in [0, 0.05) is 34.5 Å². The quantitative estimate of drug-likeness (QED) is 0.299. The van der Waals surface area contributed by atoms with E-state index in [0.717, 1.165) is 16.8 Å². The van der Waals surface area contributed by atoms with Crippen LogP contribution in [-0.4, -0.2) is 45.0 Å². The molecule has 5 rings (SSSR count). The van der Waals surface area contributed by atoms with E-state index in [4.69, 9.17) is 0 Å². The SMILES string of the molecule is CC1=CC2C3C(=O)N(C(C)(C)C)C(=O)C3C(C(=O)c3cccc([N+](=O)[O-])c3)N2c2ccccc21. The van der Waals surface area contributed by atoms with Gasteiger partial charge >= 0.3 is 0 Å². The number of carbonyl (C=O) groups is 3. The van der Waals surface area contributed by atoms with Crippen LogP contribution in [0.1, 0.15) is 43.6 Å². The molecule has 2 saturated heterocycles. The molecule has 2 aromatic rings. The fourth-order valence-electron chi connectivity index (χ4n) is 5.70. The van der Waals surface area contributed by atoms with Crippen molar-refractivity contribution in [2.45, 2.75) is 45.3 Å². The summed E-state index contributed by atoms with van der Waals surface area (Å²) in [5, 5.41) is 11.3. The topological polar surface area (TPSA) is 101 Å². The van der Waals surface area contributed by atoms with E-state index < -0.39 is 40.2 Å². The Bertz CT molecular complexity index is 1290. The molecular weight excluding hydrogens is 434 g/mol. The van der Waals surface area contributed by atoms with Crippen molar-refractivity contribution in [2.24, 2.45) is 11.8 Å². The first kappa shape index (κ1) is 22.0. The van der Waals surface area contributed by atoms with E-state index in [1.54, 1.807) is 20.8 Å². The highest BCUT2D eigenvalue weighted by Crippen LogP contribution is 2.51. The first-order valence-corrected chi connectivity index (χ1v) is 11.2. The van der Waals surface area contributed by atoms with E-state index in [-0.39, 0.29) is 23.1 Å². The zero-order valence-corrected chi connectivity index (χ0v) is 19.4. The van der Waals surface area contributed by atoms with Crippen molar-refractivity contribution in [3.63, 3.8) is 0 Å². The minimum Gasteiger partial charge on any atom is -0.352 e. The third-order valence-electron chi connectivity index (χ3n) is 7.04. The van der Waals surface area contributed by atoms with Gasteiger partial charge in [-0.1, -0.05) is 36.4 Å². The van der Waals surface area contributed by atoms with E-state index in [1.807, 2.05) is 42.2 Å². The van der Waals surface area contributed by atoms with Gasteiger partial charge in [-0.15, -0.1) is 0 Å². The highest BCUT2D eigenvalue weighted by molar-refractivity contribution is 6.14. The number of hydrogen-bond acceptors (Lipinski definition) is 6. The zero-order chi connectivity index (χ0) is 24.5. The Hall–Kier alpha value is -3.81. The number of ketones is 1. The summed E-state index contributed by atoms with van der Waals surface area (Å²) in [5.41, 5.74) is 1.92. The van der Waals surface area contributed by atoms with Crippen LogP contribution in [0.2, 0.25) is 0 Å². The molecule has 0 bridgehead atoms. The van der Waals surface area contributed by atoms with Gasteiger partial charge in [-0.25, -0.2) is 0 Å². The normalized spacial score (nSPS) is 25.6. The summed E-state index contributed by atoms with van der Waals surface area (Å²) in [6.07, 6.45) is 1.97. The van der Waals surface area contributed by atoms with Gasteiger partial charge in [-0.3, -0.25) is 29.4 Å². The molecule has 2 aromatic carbocycles. The van der Waals surface area contributed by atoms with Crippen LogP contribution in [0.25, 0.3) is 5.57 Å². The molecule has 3 aliphatic heterocycles. The van der Waals surface area contributed by atoms with Crippen molar-refractivity contribution in [3.05, 3.63) is 75.8 Å². The van der Waals surface area contributed by atoms with Crippen LogP contribution in [0.4, 0.5) is 11.4 Å². The number of nitro groups is 1. The molecule has 0 N–H and O–H groups in total. The van der Waals surface area contributed by atoms with Crippen LogP contribution >= 0.6 is 0 Å². The van der Waals surface area contributed by atoms with E-state index in [9.17, 15) is 24.5 Å². The number of benzene rings is 2. The fourth-order valence-corrected chi connectivity index (χ4v) is 5.70. The van der Waals surface area contributed by atoms with E-state index in [1.165, 1.54) is 29.2 Å². The smallest absolute Gasteiger partial charge is 0.270 e. The third kappa shape index (κ3) is 3.01. The lowest BCUT2D eigenvalue weighted by atomic mass is 9.85. The number of amides is 2. The third-order valence-corrected chi connectivity index (χ3v) is 7.04. The maximum absolute atomic E-state index is 14.0. The lowest BCUT2D eigenvalue weighted by molar-refractivity contribution is -0.384. The monoisotopic (exact) mass is 459 g/mol. The number of non-ortho nitro benzene ring substituents is 1.